The molecule has 7 nitrogen and oxygen atoms in total. The molecule has 0 spiro atoms. The normalized spacial score (nSPS) is 17.5. The van der Waals surface area contributed by atoms with Crippen molar-refractivity contribution in [3.8, 4) is 0 Å². The minimum atomic E-state index is -0.424. The third kappa shape index (κ3) is 3.73. The van der Waals surface area contributed by atoms with E-state index in [0.717, 1.165) is 25.1 Å². The van der Waals surface area contributed by atoms with Crippen LogP contribution < -0.4 is 10.6 Å². The molecule has 1 aliphatic heterocycles. The minimum Gasteiger partial charge on any atom is -0.454 e. The fraction of sp³-hybridized carbons (Fsp3) is 0.353. The minimum absolute atomic E-state index is 0.0486. The summed E-state index contributed by atoms with van der Waals surface area (Å²) in [5.41, 5.74) is 6.83. The second-order valence-electron chi connectivity index (χ2n) is 5.79. The molecule has 0 aliphatic carbocycles. The van der Waals surface area contributed by atoms with Crippen LogP contribution in [-0.4, -0.2) is 30.1 Å². The van der Waals surface area contributed by atoms with Crippen molar-refractivity contribution in [3.05, 3.63) is 47.9 Å². The number of carbonyl (C=O) groups is 2. The largest absolute Gasteiger partial charge is 0.454 e. The van der Waals surface area contributed by atoms with Crippen LogP contribution in [0.4, 0.5) is 5.69 Å². The maximum atomic E-state index is 12.0. The van der Waals surface area contributed by atoms with Crippen molar-refractivity contribution in [2.24, 2.45) is 11.7 Å². The molecule has 1 aliphatic rings. The van der Waals surface area contributed by atoms with Crippen LogP contribution in [0.5, 0.6) is 0 Å². The number of nitrogens with zero attached hydrogens (tertiary/aromatic N) is 2. The second kappa shape index (κ2) is 7.16. The fourth-order valence-corrected chi connectivity index (χ4v) is 2.79. The number of anilines is 1. The van der Waals surface area contributed by atoms with Crippen molar-refractivity contribution in [1.82, 2.24) is 5.16 Å². The van der Waals surface area contributed by atoms with Gasteiger partial charge in [-0.1, -0.05) is 5.16 Å². The molecule has 2 N–H and O–H groups in total. The first-order valence-corrected chi connectivity index (χ1v) is 7.84. The molecular weight excluding hydrogens is 310 g/mol. The maximum Gasteiger partial charge on any atom is 0.338 e. The summed E-state index contributed by atoms with van der Waals surface area (Å²) in [7, 11) is 0. The van der Waals surface area contributed by atoms with E-state index in [1.807, 2.05) is 12.1 Å². The molecule has 1 saturated heterocycles. The van der Waals surface area contributed by atoms with Gasteiger partial charge in [-0.15, -0.1) is 0 Å². The zero-order valence-electron chi connectivity index (χ0n) is 13.2. The molecule has 3 rings (SSSR count). The maximum absolute atomic E-state index is 12.0. The third-order valence-corrected chi connectivity index (χ3v) is 4.13. The van der Waals surface area contributed by atoms with Crippen LogP contribution in [0.25, 0.3) is 0 Å². The van der Waals surface area contributed by atoms with E-state index >= 15 is 0 Å². The van der Waals surface area contributed by atoms with Crippen LogP contribution in [0.3, 0.4) is 0 Å². The lowest BCUT2D eigenvalue weighted by Gasteiger charge is -2.33. The van der Waals surface area contributed by atoms with E-state index in [9.17, 15) is 9.59 Å². The van der Waals surface area contributed by atoms with Gasteiger partial charge in [0.05, 0.1) is 17.7 Å². The van der Waals surface area contributed by atoms with Crippen LogP contribution in [0.2, 0.25) is 0 Å². The van der Waals surface area contributed by atoms with Gasteiger partial charge in [0.15, 0.2) is 12.4 Å². The van der Waals surface area contributed by atoms with Gasteiger partial charge >= 0.3 is 5.97 Å². The van der Waals surface area contributed by atoms with Gasteiger partial charge in [0.25, 0.3) is 0 Å². The molecule has 1 amide bonds. The third-order valence-electron chi connectivity index (χ3n) is 4.13. The van der Waals surface area contributed by atoms with Crippen LogP contribution in [0.1, 0.15) is 29.0 Å². The number of nitrogens with two attached hydrogens (primary N) is 1. The molecule has 1 aromatic carbocycles. The Kier molecular flexibility index (Phi) is 4.79. The summed E-state index contributed by atoms with van der Waals surface area (Å²) in [5, 5.41) is 3.55. The number of esters is 1. The Balaban J connectivity index is 1.60. The van der Waals surface area contributed by atoms with E-state index < -0.39 is 5.97 Å². The van der Waals surface area contributed by atoms with Crippen molar-refractivity contribution in [3.63, 3.8) is 0 Å². The molecule has 1 aromatic heterocycles. The van der Waals surface area contributed by atoms with Gasteiger partial charge in [0, 0.05) is 24.8 Å². The van der Waals surface area contributed by atoms with Crippen molar-refractivity contribution in [2.45, 2.75) is 19.4 Å². The van der Waals surface area contributed by atoms with Crippen molar-refractivity contribution >= 4 is 17.6 Å². The summed E-state index contributed by atoms with van der Waals surface area (Å²) >= 11 is 0. The van der Waals surface area contributed by atoms with E-state index in [2.05, 4.69) is 10.1 Å². The Bertz CT molecular complexity index is 697. The van der Waals surface area contributed by atoms with Gasteiger partial charge in [-0.05, 0) is 37.1 Å². The predicted molar refractivity (Wildman–Crippen MR) is 86.2 cm³/mol. The van der Waals surface area contributed by atoms with Crippen LogP contribution in [-0.2, 0) is 16.1 Å². The number of carbonyl (C=O) groups excluding carboxylic acids is 2. The van der Waals surface area contributed by atoms with Crippen molar-refractivity contribution in [2.75, 3.05) is 18.0 Å². The number of benzene rings is 1. The molecule has 126 valence electrons. The molecule has 24 heavy (non-hydrogen) atoms. The molecular formula is C17H19N3O4. The first-order valence-electron chi connectivity index (χ1n) is 7.84. The summed E-state index contributed by atoms with van der Waals surface area (Å²) in [6.07, 6.45) is 3.25. The topological polar surface area (TPSA) is 98.7 Å². The number of aromatic nitrogens is 1. The molecule has 1 unspecified atom stereocenters. The highest BCUT2D eigenvalue weighted by atomic mass is 16.5. The Morgan fingerprint density at radius 3 is 2.75 bits per heavy atom. The summed E-state index contributed by atoms with van der Waals surface area (Å²) in [4.78, 5) is 25.5. The molecule has 0 bridgehead atoms. The number of piperidine rings is 1. The van der Waals surface area contributed by atoms with Crippen LogP contribution in [0.15, 0.2) is 41.1 Å². The van der Waals surface area contributed by atoms with Gasteiger partial charge in [-0.25, -0.2) is 4.79 Å². The van der Waals surface area contributed by atoms with E-state index in [4.69, 9.17) is 15.0 Å². The lowest BCUT2D eigenvalue weighted by Crippen LogP contribution is -2.41. The smallest absolute Gasteiger partial charge is 0.338 e. The molecule has 1 fully saturated rings. The highest BCUT2D eigenvalue weighted by Gasteiger charge is 2.24. The number of ether oxygens (including phenoxy) is 1. The van der Waals surface area contributed by atoms with E-state index in [0.29, 0.717) is 17.9 Å². The monoisotopic (exact) mass is 329 g/mol. The lowest BCUT2D eigenvalue weighted by molar-refractivity contribution is -0.122. The van der Waals surface area contributed by atoms with Gasteiger partial charge < -0.3 is 19.9 Å². The zero-order valence-corrected chi connectivity index (χ0v) is 13.2. The molecule has 2 aromatic rings. The summed E-state index contributed by atoms with van der Waals surface area (Å²) < 4.78 is 10.0. The number of primary amides is 1. The number of hydrogen-bond acceptors (Lipinski definition) is 6. The van der Waals surface area contributed by atoms with E-state index in [-0.39, 0.29) is 18.4 Å². The first-order chi connectivity index (χ1) is 11.6. The van der Waals surface area contributed by atoms with Crippen LogP contribution >= 0.6 is 0 Å². The first kappa shape index (κ1) is 16.0. The van der Waals surface area contributed by atoms with Gasteiger partial charge in [0.2, 0.25) is 5.91 Å². The lowest BCUT2D eigenvalue weighted by atomic mass is 9.97. The summed E-state index contributed by atoms with van der Waals surface area (Å²) in [5.74, 6) is -0.310. The summed E-state index contributed by atoms with van der Waals surface area (Å²) in [6, 6.07) is 8.78. The van der Waals surface area contributed by atoms with E-state index in [1.54, 1.807) is 18.2 Å². The zero-order chi connectivity index (χ0) is 16.9. The molecule has 0 radical (unpaired) electrons. The predicted octanol–water partition coefficient (Wildman–Crippen LogP) is 1.73. The fourth-order valence-electron chi connectivity index (χ4n) is 2.79. The van der Waals surface area contributed by atoms with Gasteiger partial charge in [0.1, 0.15) is 0 Å². The average Bonchev–Trinajstić information content (AvgIpc) is 3.13. The van der Waals surface area contributed by atoms with Crippen molar-refractivity contribution < 1.29 is 18.8 Å². The summed E-state index contributed by atoms with van der Waals surface area (Å²) in [6.45, 7) is 1.54. The molecule has 1 atom stereocenters. The molecule has 2 heterocycles. The average molecular weight is 329 g/mol. The van der Waals surface area contributed by atoms with Gasteiger partial charge in [-0.2, -0.15) is 0 Å². The highest BCUT2D eigenvalue weighted by Crippen LogP contribution is 2.23. The SMILES string of the molecule is NC(=O)C1CCCN(c2ccc(C(=O)OCc3ccno3)cc2)C1. The second-order valence-corrected chi connectivity index (χ2v) is 5.79. The number of hydrogen-bond donors (Lipinski definition) is 1. The highest BCUT2D eigenvalue weighted by molar-refractivity contribution is 5.89. The molecule has 0 saturated carbocycles. The number of amides is 1. The van der Waals surface area contributed by atoms with Gasteiger partial charge in [-0.3, -0.25) is 4.79 Å². The Morgan fingerprint density at radius 2 is 2.08 bits per heavy atom. The quantitative estimate of drug-likeness (QED) is 0.839. The Hall–Kier alpha value is -2.83. The van der Waals surface area contributed by atoms with E-state index in [1.165, 1.54) is 6.20 Å². The Morgan fingerprint density at radius 1 is 1.29 bits per heavy atom. The van der Waals surface area contributed by atoms with Crippen LogP contribution in [0, 0.1) is 5.92 Å². The Labute approximate surface area is 139 Å². The molecule has 7 heteroatoms. The van der Waals surface area contributed by atoms with Crippen molar-refractivity contribution in [1.29, 1.82) is 0 Å². The number of rotatable bonds is 5. The standard InChI is InChI=1S/C17H19N3O4/c18-16(21)13-2-1-9-20(10-13)14-5-3-12(4-6-14)17(22)23-11-15-7-8-19-24-15/h3-8,13H,1-2,9-11H2,(H2,18,21).